The van der Waals surface area contributed by atoms with E-state index in [1.165, 1.54) is 11.3 Å². The van der Waals surface area contributed by atoms with E-state index in [1.807, 2.05) is 72.8 Å². The third-order valence-corrected chi connectivity index (χ3v) is 7.42. The summed E-state index contributed by atoms with van der Waals surface area (Å²) < 4.78 is 12.0. The van der Waals surface area contributed by atoms with Gasteiger partial charge in [0.2, 0.25) is 11.8 Å². The van der Waals surface area contributed by atoms with E-state index in [2.05, 4.69) is 68.9 Å². The second kappa shape index (κ2) is 9.96. The molecule has 0 spiro atoms. The molecule has 0 amide bonds. The summed E-state index contributed by atoms with van der Waals surface area (Å²) in [5.41, 5.74) is 6.32. The lowest BCUT2D eigenvalue weighted by atomic mass is 10.0. The Bertz CT molecular complexity index is 1700. The van der Waals surface area contributed by atoms with Crippen LogP contribution in [0.1, 0.15) is 0 Å². The summed E-state index contributed by atoms with van der Waals surface area (Å²) in [7, 11) is 0. The van der Waals surface area contributed by atoms with Crippen LogP contribution in [0, 0.1) is 0 Å². The lowest BCUT2D eigenvalue weighted by Gasteiger charge is -2.01. The zero-order valence-corrected chi connectivity index (χ0v) is 21.4. The van der Waals surface area contributed by atoms with E-state index in [4.69, 9.17) is 8.83 Å². The number of aromatic nitrogens is 4. The monoisotopic (exact) mass is 524 g/mol. The van der Waals surface area contributed by atoms with Gasteiger partial charge in [0.15, 0.2) is 0 Å². The van der Waals surface area contributed by atoms with Crippen LogP contribution in [-0.4, -0.2) is 20.4 Å². The van der Waals surface area contributed by atoms with Crippen LogP contribution in [0.3, 0.4) is 0 Å². The number of rotatable bonds is 6. The lowest BCUT2D eigenvalue weighted by molar-refractivity contribution is 0.586. The first-order chi connectivity index (χ1) is 19.3. The Morgan fingerprint density at radius 3 is 1.08 bits per heavy atom. The molecule has 7 aromatic rings. The van der Waals surface area contributed by atoms with Crippen molar-refractivity contribution in [2.75, 3.05) is 0 Å². The first-order valence-corrected chi connectivity index (χ1v) is 13.2. The topological polar surface area (TPSA) is 77.8 Å². The molecule has 0 saturated heterocycles. The van der Waals surface area contributed by atoms with Gasteiger partial charge in [-0.2, -0.15) is 0 Å². The van der Waals surface area contributed by atoms with Gasteiger partial charge >= 0.3 is 0 Å². The summed E-state index contributed by atoms with van der Waals surface area (Å²) in [4.78, 5) is 1.66. The minimum absolute atomic E-state index is 0.449. The quantitative estimate of drug-likeness (QED) is 0.217. The van der Waals surface area contributed by atoms with E-state index >= 15 is 0 Å². The SMILES string of the molecule is c1ccc(-c2ccc(-c3nnc(-c4ccc(-c5nnc(-c6ccc(-c7ccccc7)cc6)o5)s4)o3)cc2)cc1. The normalized spacial score (nSPS) is 11.1. The van der Waals surface area contributed by atoms with Crippen molar-refractivity contribution in [1.82, 2.24) is 20.4 Å². The first kappa shape index (κ1) is 23.0. The Balaban J connectivity index is 1.08. The van der Waals surface area contributed by atoms with Crippen LogP contribution in [0.15, 0.2) is 130 Å². The van der Waals surface area contributed by atoms with Gasteiger partial charge in [0.25, 0.3) is 11.8 Å². The lowest BCUT2D eigenvalue weighted by Crippen LogP contribution is -1.80. The molecule has 0 N–H and O–H groups in total. The Kier molecular flexibility index (Phi) is 5.88. The largest absolute Gasteiger partial charge is 0.415 e. The first-order valence-electron chi connectivity index (χ1n) is 12.4. The molecule has 3 aromatic heterocycles. The molecule has 6 nitrogen and oxygen atoms in total. The van der Waals surface area contributed by atoms with E-state index in [0.717, 1.165) is 43.1 Å². The molecule has 0 bridgehead atoms. The van der Waals surface area contributed by atoms with Crippen LogP contribution in [0.2, 0.25) is 0 Å². The van der Waals surface area contributed by atoms with Gasteiger partial charge in [-0.3, -0.25) is 0 Å². The van der Waals surface area contributed by atoms with Gasteiger partial charge < -0.3 is 8.83 Å². The summed E-state index contributed by atoms with van der Waals surface area (Å²) in [6.07, 6.45) is 0. The average molecular weight is 525 g/mol. The Hall–Kier alpha value is -5.14. The predicted molar refractivity (Wildman–Crippen MR) is 153 cm³/mol. The second-order valence-electron chi connectivity index (χ2n) is 8.88. The van der Waals surface area contributed by atoms with Crippen molar-refractivity contribution in [3.8, 4) is 66.7 Å². The van der Waals surface area contributed by atoms with Crippen molar-refractivity contribution in [2.45, 2.75) is 0 Å². The van der Waals surface area contributed by atoms with Gasteiger partial charge in [-0.25, -0.2) is 0 Å². The molecular weight excluding hydrogens is 504 g/mol. The Morgan fingerprint density at radius 1 is 0.333 bits per heavy atom. The number of thiophene rings is 1. The van der Waals surface area contributed by atoms with Crippen LogP contribution < -0.4 is 0 Å². The van der Waals surface area contributed by atoms with Gasteiger partial charge in [0, 0.05) is 11.1 Å². The number of hydrogen-bond acceptors (Lipinski definition) is 7. The van der Waals surface area contributed by atoms with E-state index in [9.17, 15) is 0 Å². The number of hydrogen-bond donors (Lipinski definition) is 0. The fourth-order valence-corrected chi connectivity index (χ4v) is 5.17. The van der Waals surface area contributed by atoms with Gasteiger partial charge in [-0.05, 0) is 58.7 Å². The molecular formula is C32H20N4O2S. The highest BCUT2D eigenvalue weighted by Crippen LogP contribution is 2.36. The van der Waals surface area contributed by atoms with Crippen LogP contribution in [0.5, 0.6) is 0 Å². The maximum atomic E-state index is 5.99. The third kappa shape index (κ3) is 4.67. The molecule has 4 aromatic carbocycles. The van der Waals surface area contributed by atoms with Gasteiger partial charge in [-0.1, -0.05) is 84.9 Å². The van der Waals surface area contributed by atoms with Crippen LogP contribution in [0.4, 0.5) is 0 Å². The van der Waals surface area contributed by atoms with Crippen molar-refractivity contribution < 1.29 is 8.83 Å². The van der Waals surface area contributed by atoms with Crippen LogP contribution in [-0.2, 0) is 0 Å². The third-order valence-electron chi connectivity index (χ3n) is 6.36. The maximum Gasteiger partial charge on any atom is 0.258 e. The molecule has 39 heavy (non-hydrogen) atoms. The van der Waals surface area contributed by atoms with Gasteiger partial charge in [-0.15, -0.1) is 31.7 Å². The molecule has 0 aliphatic carbocycles. The summed E-state index contributed by atoms with van der Waals surface area (Å²) in [6.45, 7) is 0. The molecule has 0 fully saturated rings. The molecule has 0 saturated carbocycles. The van der Waals surface area contributed by atoms with Crippen LogP contribution in [0.25, 0.3) is 66.7 Å². The summed E-state index contributed by atoms with van der Waals surface area (Å²) in [5.74, 6) is 1.84. The number of benzene rings is 4. The van der Waals surface area contributed by atoms with E-state index < -0.39 is 0 Å². The van der Waals surface area contributed by atoms with Gasteiger partial charge in [0.05, 0.1) is 9.75 Å². The van der Waals surface area contributed by atoms with E-state index in [-0.39, 0.29) is 0 Å². The molecule has 0 aliphatic rings. The molecule has 0 aliphatic heterocycles. The minimum atomic E-state index is 0.449. The fraction of sp³-hybridized carbons (Fsp3) is 0. The van der Waals surface area contributed by atoms with Crippen molar-refractivity contribution >= 4 is 11.3 Å². The molecule has 0 unspecified atom stereocenters. The Morgan fingerprint density at radius 2 is 0.667 bits per heavy atom. The molecule has 7 rings (SSSR count). The zero-order valence-electron chi connectivity index (χ0n) is 20.6. The fourth-order valence-electron chi connectivity index (χ4n) is 4.32. The van der Waals surface area contributed by atoms with Crippen molar-refractivity contribution in [2.24, 2.45) is 0 Å². The highest BCUT2D eigenvalue weighted by molar-refractivity contribution is 7.18. The average Bonchev–Trinajstić information content (AvgIpc) is 3.79. The highest BCUT2D eigenvalue weighted by atomic mass is 32.1. The second-order valence-corrected chi connectivity index (χ2v) is 9.96. The van der Waals surface area contributed by atoms with Crippen molar-refractivity contribution in [1.29, 1.82) is 0 Å². The summed E-state index contributed by atoms with van der Waals surface area (Å²) >= 11 is 1.46. The minimum Gasteiger partial charge on any atom is -0.415 e. The standard InChI is InChI=1S/C32H20N4O2S/c1-3-7-21(8-4-1)23-11-15-25(16-12-23)29-33-35-31(37-29)27-19-20-28(39-27)32-36-34-30(38-32)26-17-13-24(14-18-26)22-9-5-2-6-10-22/h1-20H. The van der Waals surface area contributed by atoms with Crippen molar-refractivity contribution in [3.63, 3.8) is 0 Å². The highest BCUT2D eigenvalue weighted by Gasteiger charge is 2.17. The van der Waals surface area contributed by atoms with E-state index in [1.54, 1.807) is 0 Å². The van der Waals surface area contributed by atoms with Gasteiger partial charge in [0.1, 0.15) is 0 Å². The molecule has 186 valence electrons. The maximum absolute atomic E-state index is 5.99. The summed E-state index contributed by atoms with van der Waals surface area (Å²) in [5, 5.41) is 17.0. The predicted octanol–water partition coefficient (Wildman–Crippen LogP) is 8.52. The number of nitrogens with zero attached hydrogens (tertiary/aromatic N) is 4. The van der Waals surface area contributed by atoms with Crippen molar-refractivity contribution in [3.05, 3.63) is 121 Å². The molecule has 7 heteroatoms. The molecule has 0 atom stereocenters. The summed E-state index contributed by atoms with van der Waals surface area (Å²) in [6, 6.07) is 40.5. The Labute approximate surface area is 228 Å². The van der Waals surface area contributed by atoms with E-state index in [0.29, 0.717) is 23.6 Å². The van der Waals surface area contributed by atoms with Crippen LogP contribution >= 0.6 is 11.3 Å². The smallest absolute Gasteiger partial charge is 0.258 e. The molecule has 3 heterocycles. The molecule has 0 radical (unpaired) electrons. The zero-order chi connectivity index (χ0) is 26.0.